The summed E-state index contributed by atoms with van der Waals surface area (Å²) in [7, 11) is 1.69. The van der Waals surface area contributed by atoms with Crippen LogP contribution >= 0.6 is 0 Å². The second-order valence-electron chi connectivity index (χ2n) is 4.21. The highest BCUT2D eigenvalue weighted by atomic mass is 16.5. The third-order valence-corrected chi connectivity index (χ3v) is 3.13. The predicted molar refractivity (Wildman–Crippen MR) is 67.3 cm³/mol. The first-order valence-corrected chi connectivity index (χ1v) is 5.80. The first-order chi connectivity index (χ1) is 7.71. The van der Waals surface area contributed by atoms with Crippen molar-refractivity contribution in [2.75, 3.05) is 7.11 Å². The molecule has 0 saturated carbocycles. The minimum absolute atomic E-state index is 0.317. The molecule has 2 unspecified atom stereocenters. The highest BCUT2D eigenvalue weighted by Crippen LogP contribution is 2.17. The Kier molecular flexibility index (Phi) is 5.29. The van der Waals surface area contributed by atoms with Crippen LogP contribution in [0, 0.1) is 5.92 Å². The standard InChI is InChI=1S/C13H22N2O/c1-4-10(2)13(15-14)9-11-6-5-7-12(8-11)16-3/h5-8,10,13,15H,4,9,14H2,1-3H3. The van der Waals surface area contributed by atoms with Crippen molar-refractivity contribution in [1.82, 2.24) is 5.43 Å². The fraction of sp³-hybridized carbons (Fsp3) is 0.538. The molecular formula is C13H22N2O. The molecule has 2 atom stereocenters. The Balaban J connectivity index is 2.69. The summed E-state index contributed by atoms with van der Waals surface area (Å²) in [5, 5.41) is 0. The average molecular weight is 222 g/mol. The number of hydrogen-bond acceptors (Lipinski definition) is 3. The molecule has 0 aliphatic heterocycles. The molecule has 0 heterocycles. The van der Waals surface area contributed by atoms with E-state index in [2.05, 4.69) is 31.4 Å². The summed E-state index contributed by atoms with van der Waals surface area (Å²) in [6.07, 6.45) is 2.06. The molecule has 0 bridgehead atoms. The van der Waals surface area contributed by atoms with E-state index < -0.39 is 0 Å². The van der Waals surface area contributed by atoms with Gasteiger partial charge in [0.2, 0.25) is 0 Å². The molecule has 90 valence electrons. The summed E-state index contributed by atoms with van der Waals surface area (Å²) in [5.74, 6) is 7.05. The lowest BCUT2D eigenvalue weighted by Crippen LogP contribution is -2.41. The van der Waals surface area contributed by atoms with Crippen molar-refractivity contribution in [1.29, 1.82) is 0 Å². The van der Waals surface area contributed by atoms with Gasteiger partial charge in [-0.2, -0.15) is 0 Å². The number of benzene rings is 1. The van der Waals surface area contributed by atoms with Crippen LogP contribution in [0.5, 0.6) is 5.75 Å². The maximum atomic E-state index is 5.59. The largest absolute Gasteiger partial charge is 0.497 e. The number of hydrazine groups is 1. The van der Waals surface area contributed by atoms with Crippen molar-refractivity contribution in [3.05, 3.63) is 29.8 Å². The molecule has 1 aromatic rings. The van der Waals surface area contributed by atoms with Crippen LogP contribution in [0.4, 0.5) is 0 Å². The quantitative estimate of drug-likeness (QED) is 0.572. The van der Waals surface area contributed by atoms with Crippen LogP contribution in [0.1, 0.15) is 25.8 Å². The van der Waals surface area contributed by atoms with Crippen molar-refractivity contribution < 1.29 is 4.74 Å². The normalized spacial score (nSPS) is 14.5. The molecule has 16 heavy (non-hydrogen) atoms. The highest BCUT2D eigenvalue weighted by Gasteiger charge is 2.14. The molecule has 0 radical (unpaired) electrons. The molecule has 0 aliphatic carbocycles. The molecule has 0 aliphatic rings. The van der Waals surface area contributed by atoms with E-state index in [1.54, 1.807) is 7.11 Å². The van der Waals surface area contributed by atoms with Gasteiger partial charge >= 0.3 is 0 Å². The van der Waals surface area contributed by atoms with E-state index in [4.69, 9.17) is 10.6 Å². The Hall–Kier alpha value is -1.06. The maximum Gasteiger partial charge on any atom is 0.119 e. The van der Waals surface area contributed by atoms with Crippen LogP contribution in [-0.2, 0) is 6.42 Å². The molecule has 3 nitrogen and oxygen atoms in total. The van der Waals surface area contributed by atoms with Crippen molar-refractivity contribution >= 4 is 0 Å². The van der Waals surface area contributed by atoms with E-state index in [9.17, 15) is 0 Å². The van der Waals surface area contributed by atoms with E-state index >= 15 is 0 Å². The van der Waals surface area contributed by atoms with E-state index in [1.807, 2.05) is 12.1 Å². The smallest absolute Gasteiger partial charge is 0.119 e. The number of methoxy groups -OCH3 is 1. The minimum Gasteiger partial charge on any atom is -0.497 e. The third kappa shape index (κ3) is 3.51. The number of ether oxygens (including phenoxy) is 1. The fourth-order valence-corrected chi connectivity index (χ4v) is 1.76. The van der Waals surface area contributed by atoms with Crippen molar-refractivity contribution in [3.63, 3.8) is 0 Å². The van der Waals surface area contributed by atoms with Crippen LogP contribution in [-0.4, -0.2) is 13.2 Å². The molecule has 0 fully saturated rings. The lowest BCUT2D eigenvalue weighted by Gasteiger charge is -2.22. The van der Waals surface area contributed by atoms with Gasteiger partial charge in [0.25, 0.3) is 0 Å². The minimum atomic E-state index is 0.317. The van der Waals surface area contributed by atoms with Crippen molar-refractivity contribution in [2.45, 2.75) is 32.7 Å². The highest BCUT2D eigenvalue weighted by molar-refractivity contribution is 5.29. The zero-order valence-electron chi connectivity index (χ0n) is 10.4. The lowest BCUT2D eigenvalue weighted by molar-refractivity contribution is 0.369. The zero-order valence-corrected chi connectivity index (χ0v) is 10.4. The monoisotopic (exact) mass is 222 g/mol. The van der Waals surface area contributed by atoms with Gasteiger partial charge in [-0.05, 0) is 30.0 Å². The molecule has 3 heteroatoms. The summed E-state index contributed by atoms with van der Waals surface area (Å²) in [5.41, 5.74) is 4.15. The molecule has 0 saturated heterocycles. The average Bonchev–Trinajstić information content (AvgIpc) is 2.35. The van der Waals surface area contributed by atoms with Gasteiger partial charge in [0.05, 0.1) is 7.11 Å². The van der Waals surface area contributed by atoms with Gasteiger partial charge in [-0.3, -0.25) is 11.3 Å². The molecule has 3 N–H and O–H groups in total. The van der Waals surface area contributed by atoms with Crippen LogP contribution in [0.15, 0.2) is 24.3 Å². The van der Waals surface area contributed by atoms with Crippen LogP contribution in [0.3, 0.4) is 0 Å². The molecule has 1 aromatic carbocycles. The van der Waals surface area contributed by atoms with Gasteiger partial charge in [-0.25, -0.2) is 0 Å². The first-order valence-electron chi connectivity index (χ1n) is 5.80. The van der Waals surface area contributed by atoms with Crippen LogP contribution in [0.2, 0.25) is 0 Å². The molecule has 1 rings (SSSR count). The van der Waals surface area contributed by atoms with Gasteiger partial charge in [0, 0.05) is 6.04 Å². The summed E-state index contributed by atoms with van der Waals surface area (Å²) in [4.78, 5) is 0. The number of hydrogen-bond donors (Lipinski definition) is 2. The maximum absolute atomic E-state index is 5.59. The van der Waals surface area contributed by atoms with E-state index in [0.717, 1.165) is 18.6 Å². The number of nitrogens with one attached hydrogen (secondary N) is 1. The zero-order chi connectivity index (χ0) is 12.0. The van der Waals surface area contributed by atoms with Crippen LogP contribution < -0.4 is 16.0 Å². The fourth-order valence-electron chi connectivity index (χ4n) is 1.76. The van der Waals surface area contributed by atoms with Gasteiger partial charge in [0.1, 0.15) is 5.75 Å². The van der Waals surface area contributed by atoms with Gasteiger partial charge in [-0.1, -0.05) is 32.4 Å². The molecule has 0 spiro atoms. The Morgan fingerprint density at radius 2 is 2.19 bits per heavy atom. The predicted octanol–water partition coefficient (Wildman–Crippen LogP) is 2.12. The van der Waals surface area contributed by atoms with E-state index in [1.165, 1.54) is 5.56 Å². The van der Waals surface area contributed by atoms with E-state index in [-0.39, 0.29) is 0 Å². The van der Waals surface area contributed by atoms with Crippen molar-refractivity contribution in [2.24, 2.45) is 11.8 Å². The summed E-state index contributed by atoms with van der Waals surface area (Å²) in [6.45, 7) is 4.39. The SMILES string of the molecule is CCC(C)C(Cc1cccc(OC)c1)NN. The lowest BCUT2D eigenvalue weighted by atomic mass is 9.93. The molecule has 0 amide bonds. The number of nitrogens with two attached hydrogens (primary N) is 1. The molecule has 0 aromatic heterocycles. The second-order valence-corrected chi connectivity index (χ2v) is 4.21. The number of rotatable bonds is 6. The topological polar surface area (TPSA) is 47.3 Å². The Morgan fingerprint density at radius 1 is 1.44 bits per heavy atom. The Labute approximate surface area is 98.0 Å². The Morgan fingerprint density at radius 3 is 2.75 bits per heavy atom. The van der Waals surface area contributed by atoms with Gasteiger partial charge < -0.3 is 4.74 Å². The van der Waals surface area contributed by atoms with E-state index in [0.29, 0.717) is 12.0 Å². The van der Waals surface area contributed by atoms with Crippen LogP contribution in [0.25, 0.3) is 0 Å². The summed E-state index contributed by atoms with van der Waals surface area (Å²) < 4.78 is 5.21. The first kappa shape index (κ1) is 13.0. The van der Waals surface area contributed by atoms with Gasteiger partial charge in [0.15, 0.2) is 0 Å². The van der Waals surface area contributed by atoms with Crippen molar-refractivity contribution in [3.8, 4) is 5.75 Å². The third-order valence-electron chi connectivity index (χ3n) is 3.13. The summed E-state index contributed by atoms with van der Waals surface area (Å²) >= 11 is 0. The molecular weight excluding hydrogens is 200 g/mol. The summed E-state index contributed by atoms with van der Waals surface area (Å²) in [6, 6.07) is 8.45. The Bertz CT molecular complexity index is 315. The van der Waals surface area contributed by atoms with Gasteiger partial charge in [-0.15, -0.1) is 0 Å². The second kappa shape index (κ2) is 6.51.